The summed E-state index contributed by atoms with van der Waals surface area (Å²) >= 11 is 0. The smallest absolute Gasteiger partial charge is 0.320 e. The molecule has 1 aliphatic rings. The van der Waals surface area contributed by atoms with E-state index in [1.54, 1.807) is 4.90 Å². The Bertz CT molecular complexity index is 350. The van der Waals surface area contributed by atoms with Gasteiger partial charge in [0.05, 0.1) is 13.2 Å². The van der Waals surface area contributed by atoms with E-state index in [-0.39, 0.29) is 12.8 Å². The number of morpholine rings is 1. The molecule has 0 saturated carbocycles. The molecule has 0 atom stereocenters. The zero-order valence-corrected chi connectivity index (χ0v) is 9.59. The number of hydrogen-bond acceptors (Lipinski definition) is 3. The van der Waals surface area contributed by atoms with E-state index in [2.05, 4.69) is 5.32 Å². The van der Waals surface area contributed by atoms with Crippen LogP contribution in [0, 0.1) is 0 Å². The number of hydrogen-bond donors (Lipinski definition) is 1. The molecule has 0 spiro atoms. The summed E-state index contributed by atoms with van der Waals surface area (Å²) in [6.07, 6.45) is 0. The van der Waals surface area contributed by atoms with Gasteiger partial charge >= 0.3 is 6.03 Å². The number of rotatable bonds is 3. The number of carbonyl (C=O) groups is 1. The van der Waals surface area contributed by atoms with Crippen LogP contribution in [-0.4, -0.2) is 44.0 Å². The normalized spacial score (nSPS) is 15.4. The number of nitrogens with one attached hydrogen (secondary N) is 1. The Kier molecular flexibility index (Phi) is 4.21. The highest BCUT2D eigenvalue weighted by Crippen LogP contribution is 2.07. The monoisotopic (exact) mass is 236 g/mol. The molecule has 92 valence electrons. The number of ether oxygens (including phenoxy) is 2. The summed E-state index contributed by atoms with van der Waals surface area (Å²) < 4.78 is 10.5. The summed E-state index contributed by atoms with van der Waals surface area (Å²) in [4.78, 5) is 13.4. The molecule has 0 bridgehead atoms. The summed E-state index contributed by atoms with van der Waals surface area (Å²) in [7, 11) is 0. The summed E-state index contributed by atoms with van der Waals surface area (Å²) in [5.74, 6) is 0.745. The van der Waals surface area contributed by atoms with Crippen molar-refractivity contribution in [3.8, 4) is 5.75 Å². The number of para-hydroxylation sites is 1. The minimum atomic E-state index is -0.107. The first-order chi connectivity index (χ1) is 8.36. The highest BCUT2D eigenvalue weighted by molar-refractivity contribution is 5.74. The van der Waals surface area contributed by atoms with E-state index in [4.69, 9.17) is 9.47 Å². The molecule has 1 aromatic carbocycles. The van der Waals surface area contributed by atoms with Crippen LogP contribution in [-0.2, 0) is 4.74 Å². The van der Waals surface area contributed by atoms with Crippen molar-refractivity contribution >= 4 is 6.03 Å². The molecule has 0 radical (unpaired) electrons. The molecule has 0 aliphatic carbocycles. The summed E-state index contributed by atoms with van der Waals surface area (Å²) in [6, 6.07) is 9.28. The standard InChI is InChI=1S/C12H16N2O3/c15-12(14-6-8-16-9-7-14)13-10-17-11-4-2-1-3-5-11/h1-5H,6-10H2,(H,13,15). The minimum absolute atomic E-state index is 0.107. The molecule has 0 unspecified atom stereocenters. The Labute approximate surface area is 100 Å². The van der Waals surface area contributed by atoms with E-state index in [9.17, 15) is 4.79 Å². The second-order valence-corrected chi connectivity index (χ2v) is 3.68. The molecule has 1 aromatic rings. The van der Waals surface area contributed by atoms with Gasteiger partial charge in [0.2, 0.25) is 0 Å². The first kappa shape index (κ1) is 11.7. The lowest BCUT2D eigenvalue weighted by Crippen LogP contribution is -2.47. The maximum atomic E-state index is 11.7. The third-order valence-corrected chi connectivity index (χ3v) is 2.50. The van der Waals surface area contributed by atoms with Gasteiger partial charge < -0.3 is 19.7 Å². The van der Waals surface area contributed by atoms with E-state index < -0.39 is 0 Å². The molecular weight excluding hydrogens is 220 g/mol. The van der Waals surface area contributed by atoms with E-state index in [1.807, 2.05) is 30.3 Å². The first-order valence-electron chi connectivity index (χ1n) is 5.64. The van der Waals surface area contributed by atoms with Crippen LogP contribution in [0.1, 0.15) is 0 Å². The lowest BCUT2D eigenvalue weighted by molar-refractivity contribution is 0.0518. The number of carbonyl (C=O) groups excluding carboxylic acids is 1. The van der Waals surface area contributed by atoms with Crippen molar-refractivity contribution in [3.05, 3.63) is 30.3 Å². The minimum Gasteiger partial charge on any atom is -0.473 e. The van der Waals surface area contributed by atoms with E-state index in [0.29, 0.717) is 26.3 Å². The van der Waals surface area contributed by atoms with Gasteiger partial charge in [-0.2, -0.15) is 0 Å². The predicted octanol–water partition coefficient (Wildman–Crippen LogP) is 1.06. The molecule has 2 rings (SSSR count). The van der Waals surface area contributed by atoms with Gasteiger partial charge in [0, 0.05) is 13.1 Å². The van der Waals surface area contributed by atoms with Crippen molar-refractivity contribution in [2.75, 3.05) is 33.0 Å². The molecule has 1 fully saturated rings. The maximum absolute atomic E-state index is 11.7. The van der Waals surface area contributed by atoms with Gasteiger partial charge in [-0.15, -0.1) is 0 Å². The highest BCUT2D eigenvalue weighted by Gasteiger charge is 2.15. The van der Waals surface area contributed by atoms with Crippen LogP contribution in [0.15, 0.2) is 30.3 Å². The topological polar surface area (TPSA) is 50.8 Å². The predicted molar refractivity (Wildman–Crippen MR) is 62.9 cm³/mol. The quantitative estimate of drug-likeness (QED) is 0.798. The van der Waals surface area contributed by atoms with Crippen molar-refractivity contribution < 1.29 is 14.3 Å². The molecule has 1 heterocycles. The Hall–Kier alpha value is -1.75. The highest BCUT2D eigenvalue weighted by atomic mass is 16.5. The number of nitrogens with zero attached hydrogens (tertiary/aromatic N) is 1. The van der Waals surface area contributed by atoms with Crippen LogP contribution in [0.4, 0.5) is 4.79 Å². The van der Waals surface area contributed by atoms with Crippen molar-refractivity contribution in [1.29, 1.82) is 0 Å². The van der Waals surface area contributed by atoms with Crippen molar-refractivity contribution in [2.24, 2.45) is 0 Å². The van der Waals surface area contributed by atoms with Gasteiger partial charge in [0.25, 0.3) is 0 Å². The van der Waals surface area contributed by atoms with Crippen LogP contribution < -0.4 is 10.1 Å². The molecule has 1 saturated heterocycles. The Balaban J connectivity index is 1.69. The van der Waals surface area contributed by atoms with Gasteiger partial charge in [0.1, 0.15) is 5.75 Å². The molecule has 17 heavy (non-hydrogen) atoms. The summed E-state index contributed by atoms with van der Waals surface area (Å²) in [5.41, 5.74) is 0. The molecule has 0 aromatic heterocycles. The summed E-state index contributed by atoms with van der Waals surface area (Å²) in [5, 5.41) is 2.71. The summed E-state index contributed by atoms with van der Waals surface area (Å²) in [6.45, 7) is 2.66. The third-order valence-electron chi connectivity index (χ3n) is 2.50. The zero-order valence-electron chi connectivity index (χ0n) is 9.59. The lowest BCUT2D eigenvalue weighted by Gasteiger charge is -2.26. The molecule has 1 aliphatic heterocycles. The lowest BCUT2D eigenvalue weighted by atomic mass is 10.3. The van der Waals surface area contributed by atoms with Crippen LogP contribution >= 0.6 is 0 Å². The molecule has 5 heteroatoms. The first-order valence-corrected chi connectivity index (χ1v) is 5.64. The fourth-order valence-corrected chi connectivity index (χ4v) is 1.58. The molecular formula is C12H16N2O3. The average molecular weight is 236 g/mol. The van der Waals surface area contributed by atoms with E-state index in [0.717, 1.165) is 5.75 Å². The molecule has 2 amide bonds. The van der Waals surface area contributed by atoms with Crippen molar-refractivity contribution in [1.82, 2.24) is 10.2 Å². The van der Waals surface area contributed by atoms with Crippen LogP contribution in [0.3, 0.4) is 0 Å². The zero-order chi connectivity index (χ0) is 11.9. The van der Waals surface area contributed by atoms with Gasteiger partial charge in [-0.05, 0) is 12.1 Å². The Morgan fingerprint density at radius 2 is 2.00 bits per heavy atom. The number of urea groups is 1. The van der Waals surface area contributed by atoms with Crippen LogP contribution in [0.5, 0.6) is 5.75 Å². The number of amides is 2. The van der Waals surface area contributed by atoms with Crippen molar-refractivity contribution in [3.63, 3.8) is 0 Å². The van der Waals surface area contributed by atoms with Crippen LogP contribution in [0.2, 0.25) is 0 Å². The van der Waals surface area contributed by atoms with Gasteiger partial charge in [-0.25, -0.2) is 4.79 Å². The Morgan fingerprint density at radius 3 is 2.71 bits per heavy atom. The SMILES string of the molecule is O=C(NCOc1ccccc1)N1CCOCC1. The Morgan fingerprint density at radius 1 is 1.29 bits per heavy atom. The average Bonchev–Trinajstić information content (AvgIpc) is 2.41. The van der Waals surface area contributed by atoms with Gasteiger partial charge in [-0.3, -0.25) is 0 Å². The fraction of sp³-hybridized carbons (Fsp3) is 0.417. The fourth-order valence-electron chi connectivity index (χ4n) is 1.58. The van der Waals surface area contributed by atoms with Crippen molar-refractivity contribution in [2.45, 2.75) is 0 Å². The maximum Gasteiger partial charge on any atom is 0.320 e. The number of benzene rings is 1. The second-order valence-electron chi connectivity index (χ2n) is 3.68. The van der Waals surface area contributed by atoms with Gasteiger partial charge in [0.15, 0.2) is 6.73 Å². The third kappa shape index (κ3) is 3.64. The van der Waals surface area contributed by atoms with E-state index >= 15 is 0 Å². The molecule has 1 N–H and O–H groups in total. The second kappa shape index (κ2) is 6.10. The van der Waals surface area contributed by atoms with Crippen LogP contribution in [0.25, 0.3) is 0 Å². The molecule has 5 nitrogen and oxygen atoms in total. The largest absolute Gasteiger partial charge is 0.473 e. The van der Waals surface area contributed by atoms with E-state index in [1.165, 1.54) is 0 Å². The van der Waals surface area contributed by atoms with Gasteiger partial charge in [-0.1, -0.05) is 18.2 Å².